The van der Waals surface area contributed by atoms with Gasteiger partial charge in [-0.15, -0.1) is 11.3 Å². The minimum atomic E-state index is -0.0883. The number of fused-ring (bicyclic) bond motifs is 1. The summed E-state index contributed by atoms with van der Waals surface area (Å²) >= 11 is 1.51. The molecular weight excluding hydrogens is 316 g/mol. The predicted molar refractivity (Wildman–Crippen MR) is 100 cm³/mol. The first-order valence-electron chi connectivity index (χ1n) is 7.92. The van der Waals surface area contributed by atoms with Gasteiger partial charge in [0.1, 0.15) is 10.7 Å². The first kappa shape index (κ1) is 14.8. The topological polar surface area (TPSA) is 45.8 Å². The van der Waals surface area contributed by atoms with Crippen molar-refractivity contribution in [2.45, 2.75) is 13.3 Å². The van der Waals surface area contributed by atoms with Gasteiger partial charge in [0, 0.05) is 16.5 Å². The van der Waals surface area contributed by atoms with E-state index in [1.54, 1.807) is 0 Å². The maximum atomic E-state index is 12.7. The molecule has 4 heteroatoms. The van der Waals surface area contributed by atoms with Gasteiger partial charge in [0.15, 0.2) is 0 Å². The highest BCUT2D eigenvalue weighted by atomic mass is 32.1. The highest BCUT2D eigenvalue weighted by molar-refractivity contribution is 7.17. The average Bonchev–Trinajstić information content (AvgIpc) is 3.07. The van der Waals surface area contributed by atoms with Crippen molar-refractivity contribution in [3.63, 3.8) is 0 Å². The number of H-pyrrole nitrogens is 1. The van der Waals surface area contributed by atoms with Crippen LogP contribution >= 0.6 is 11.3 Å². The second kappa shape index (κ2) is 6.06. The molecule has 24 heavy (non-hydrogen) atoms. The first-order valence-corrected chi connectivity index (χ1v) is 8.80. The Morgan fingerprint density at radius 2 is 1.75 bits per heavy atom. The van der Waals surface area contributed by atoms with Gasteiger partial charge in [0.05, 0.1) is 5.39 Å². The second-order valence-electron chi connectivity index (χ2n) is 5.66. The summed E-state index contributed by atoms with van der Waals surface area (Å²) < 4.78 is 0. The molecule has 0 aliphatic carbocycles. The van der Waals surface area contributed by atoms with Crippen LogP contribution < -0.4 is 5.56 Å². The van der Waals surface area contributed by atoms with Crippen LogP contribution in [0.25, 0.3) is 32.7 Å². The first-order chi connectivity index (χ1) is 11.8. The summed E-state index contributed by atoms with van der Waals surface area (Å²) in [5.74, 6) is 0.614. The molecule has 0 fully saturated rings. The van der Waals surface area contributed by atoms with Gasteiger partial charge < -0.3 is 4.98 Å². The molecule has 0 aliphatic rings. The molecule has 2 aromatic heterocycles. The summed E-state index contributed by atoms with van der Waals surface area (Å²) in [5.41, 5.74) is 4.12. The molecule has 0 saturated carbocycles. The van der Waals surface area contributed by atoms with Crippen molar-refractivity contribution in [3.05, 3.63) is 75.9 Å². The number of aryl methyl sites for hydroxylation is 1. The van der Waals surface area contributed by atoms with E-state index >= 15 is 0 Å². The van der Waals surface area contributed by atoms with Crippen molar-refractivity contribution in [1.82, 2.24) is 9.97 Å². The lowest BCUT2D eigenvalue weighted by molar-refractivity contribution is 1.14. The van der Waals surface area contributed by atoms with Gasteiger partial charge in [0.2, 0.25) is 0 Å². The zero-order chi connectivity index (χ0) is 16.5. The van der Waals surface area contributed by atoms with E-state index < -0.39 is 0 Å². The summed E-state index contributed by atoms with van der Waals surface area (Å²) in [7, 11) is 0. The Balaban J connectivity index is 1.86. The number of aromatic nitrogens is 2. The Hall–Kier alpha value is -2.72. The van der Waals surface area contributed by atoms with E-state index in [1.165, 1.54) is 16.9 Å². The van der Waals surface area contributed by atoms with Crippen LogP contribution in [-0.2, 0) is 6.42 Å². The molecule has 2 heterocycles. The molecule has 4 rings (SSSR count). The van der Waals surface area contributed by atoms with E-state index in [9.17, 15) is 4.79 Å². The lowest BCUT2D eigenvalue weighted by Gasteiger charge is -2.03. The monoisotopic (exact) mass is 332 g/mol. The fraction of sp³-hybridized carbons (Fsp3) is 0.100. The lowest BCUT2D eigenvalue weighted by atomic mass is 10.0. The van der Waals surface area contributed by atoms with E-state index in [-0.39, 0.29) is 5.56 Å². The Labute approximate surface area is 143 Å². The second-order valence-corrected chi connectivity index (χ2v) is 6.52. The van der Waals surface area contributed by atoms with Crippen LogP contribution in [0.4, 0.5) is 0 Å². The summed E-state index contributed by atoms with van der Waals surface area (Å²) in [6.07, 6.45) is 1.01. The van der Waals surface area contributed by atoms with Gasteiger partial charge in [-0.2, -0.15) is 0 Å². The number of aromatic amines is 1. The van der Waals surface area contributed by atoms with Gasteiger partial charge in [0.25, 0.3) is 5.56 Å². The van der Waals surface area contributed by atoms with Crippen molar-refractivity contribution in [3.8, 4) is 22.5 Å². The van der Waals surface area contributed by atoms with Gasteiger partial charge in [-0.25, -0.2) is 4.98 Å². The maximum absolute atomic E-state index is 12.7. The molecule has 2 aromatic carbocycles. The minimum Gasteiger partial charge on any atom is -0.306 e. The SMILES string of the molecule is CCc1ccc(-c2csc3nc(-c4ccccc4)[nH]c(=O)c23)cc1. The Morgan fingerprint density at radius 3 is 2.46 bits per heavy atom. The lowest BCUT2D eigenvalue weighted by Crippen LogP contribution is -2.08. The quantitative estimate of drug-likeness (QED) is 0.581. The third-order valence-corrected chi connectivity index (χ3v) is 5.04. The molecule has 118 valence electrons. The van der Waals surface area contributed by atoms with Crippen LogP contribution in [0, 0.1) is 0 Å². The Kier molecular flexibility index (Phi) is 3.75. The number of hydrogen-bond acceptors (Lipinski definition) is 3. The highest BCUT2D eigenvalue weighted by Crippen LogP contribution is 2.31. The zero-order valence-electron chi connectivity index (χ0n) is 13.2. The maximum Gasteiger partial charge on any atom is 0.260 e. The zero-order valence-corrected chi connectivity index (χ0v) is 14.1. The van der Waals surface area contributed by atoms with Gasteiger partial charge in [-0.05, 0) is 17.5 Å². The molecular formula is C20H16N2OS. The molecule has 3 nitrogen and oxygen atoms in total. The number of nitrogens with one attached hydrogen (secondary N) is 1. The molecule has 0 amide bonds. The molecule has 0 saturated heterocycles. The Morgan fingerprint density at radius 1 is 1.00 bits per heavy atom. The van der Waals surface area contributed by atoms with Crippen molar-refractivity contribution in [1.29, 1.82) is 0 Å². The highest BCUT2D eigenvalue weighted by Gasteiger charge is 2.13. The van der Waals surface area contributed by atoms with Crippen LogP contribution in [0.15, 0.2) is 64.8 Å². The molecule has 0 aliphatic heterocycles. The fourth-order valence-electron chi connectivity index (χ4n) is 2.81. The van der Waals surface area contributed by atoms with Crippen LogP contribution in [0.3, 0.4) is 0 Å². The minimum absolute atomic E-state index is 0.0883. The standard InChI is InChI=1S/C20H16N2OS/c1-2-13-8-10-14(11-9-13)16-12-24-20-17(16)19(23)21-18(22-20)15-6-4-3-5-7-15/h3-12H,2H2,1H3,(H,21,22,23). The molecule has 0 unspecified atom stereocenters. The third-order valence-electron chi connectivity index (χ3n) is 4.16. The third kappa shape index (κ3) is 2.55. The number of nitrogens with zero attached hydrogens (tertiary/aromatic N) is 1. The van der Waals surface area contributed by atoms with Crippen molar-refractivity contribution in [2.24, 2.45) is 0 Å². The van der Waals surface area contributed by atoms with Gasteiger partial charge in [-0.3, -0.25) is 4.79 Å². The number of rotatable bonds is 3. The molecule has 0 spiro atoms. The van der Waals surface area contributed by atoms with Crippen molar-refractivity contribution < 1.29 is 0 Å². The molecule has 0 atom stereocenters. The number of hydrogen-bond donors (Lipinski definition) is 1. The molecule has 1 N–H and O–H groups in total. The van der Waals surface area contributed by atoms with Crippen molar-refractivity contribution in [2.75, 3.05) is 0 Å². The van der Waals surface area contributed by atoms with Crippen LogP contribution in [0.2, 0.25) is 0 Å². The Bertz CT molecular complexity index is 1050. The average molecular weight is 332 g/mol. The van der Waals surface area contributed by atoms with Gasteiger partial charge >= 0.3 is 0 Å². The molecule has 0 bridgehead atoms. The number of benzene rings is 2. The van der Waals surface area contributed by atoms with Crippen LogP contribution in [0.1, 0.15) is 12.5 Å². The predicted octanol–water partition coefficient (Wildman–Crippen LogP) is 4.88. The summed E-state index contributed by atoms with van der Waals surface area (Å²) in [5, 5.41) is 2.69. The largest absolute Gasteiger partial charge is 0.306 e. The van der Waals surface area contributed by atoms with E-state index in [4.69, 9.17) is 0 Å². The van der Waals surface area contributed by atoms with Gasteiger partial charge in [-0.1, -0.05) is 61.5 Å². The van der Waals surface area contributed by atoms with Crippen LogP contribution in [0.5, 0.6) is 0 Å². The van der Waals surface area contributed by atoms with E-state index in [0.717, 1.165) is 27.9 Å². The molecule has 4 aromatic rings. The smallest absolute Gasteiger partial charge is 0.260 e. The van der Waals surface area contributed by atoms with E-state index in [0.29, 0.717) is 11.2 Å². The summed E-state index contributed by atoms with van der Waals surface area (Å²) in [4.78, 5) is 21.0. The summed E-state index contributed by atoms with van der Waals surface area (Å²) in [6, 6.07) is 18.1. The van der Waals surface area contributed by atoms with E-state index in [2.05, 4.69) is 41.2 Å². The van der Waals surface area contributed by atoms with Crippen molar-refractivity contribution >= 4 is 21.6 Å². The normalized spacial score (nSPS) is 11.0. The molecule has 0 radical (unpaired) electrons. The van der Waals surface area contributed by atoms with Crippen LogP contribution in [-0.4, -0.2) is 9.97 Å². The summed E-state index contributed by atoms with van der Waals surface area (Å²) in [6.45, 7) is 2.13. The number of thiophene rings is 1. The fourth-order valence-corrected chi connectivity index (χ4v) is 3.76. The van der Waals surface area contributed by atoms with E-state index in [1.807, 2.05) is 35.7 Å².